The lowest BCUT2D eigenvalue weighted by atomic mass is 10.0. The number of nitrogens with zero attached hydrogens (tertiary/aromatic N) is 4. The third-order valence-corrected chi connectivity index (χ3v) is 5.49. The highest BCUT2D eigenvalue weighted by atomic mass is 32.1. The monoisotopic (exact) mass is 416 g/mol. The third kappa shape index (κ3) is 5.08. The predicted molar refractivity (Wildman–Crippen MR) is 111 cm³/mol. The summed E-state index contributed by atoms with van der Waals surface area (Å²) in [4.78, 5) is 42.2. The van der Waals surface area contributed by atoms with Crippen LogP contribution in [0.1, 0.15) is 18.7 Å². The van der Waals surface area contributed by atoms with Crippen molar-refractivity contribution in [3.63, 3.8) is 0 Å². The Labute approximate surface area is 171 Å². The van der Waals surface area contributed by atoms with Crippen molar-refractivity contribution in [1.82, 2.24) is 30.0 Å². The fraction of sp³-hybridized carbons (Fsp3) is 0.421. The molecule has 0 saturated carbocycles. The van der Waals surface area contributed by atoms with E-state index in [1.54, 1.807) is 7.05 Å². The number of hydrogen-bond donors (Lipinski definition) is 2. The zero-order valence-electron chi connectivity index (χ0n) is 16.6. The molecule has 0 radical (unpaired) electrons. The number of amides is 2. The number of aromatic nitrogens is 4. The maximum atomic E-state index is 12.5. The molecule has 3 heterocycles. The van der Waals surface area contributed by atoms with Crippen molar-refractivity contribution < 1.29 is 9.59 Å². The highest BCUT2D eigenvalue weighted by molar-refractivity contribution is 7.10. The van der Waals surface area contributed by atoms with E-state index in [-0.39, 0.29) is 42.4 Å². The number of nitrogens with one attached hydrogen (secondary N) is 2. The van der Waals surface area contributed by atoms with Gasteiger partial charge in [-0.05, 0) is 17.4 Å². The Morgan fingerprint density at radius 1 is 1.28 bits per heavy atom. The van der Waals surface area contributed by atoms with Gasteiger partial charge in [0.1, 0.15) is 18.3 Å². The Kier molecular flexibility index (Phi) is 6.42. The van der Waals surface area contributed by atoms with E-state index in [0.29, 0.717) is 17.5 Å². The van der Waals surface area contributed by atoms with Crippen molar-refractivity contribution in [2.24, 2.45) is 13.0 Å². The van der Waals surface area contributed by atoms with E-state index >= 15 is 0 Å². The molecule has 154 valence electrons. The molecule has 0 saturated heterocycles. The summed E-state index contributed by atoms with van der Waals surface area (Å²) in [6.07, 6.45) is 3.10. The van der Waals surface area contributed by atoms with Crippen LogP contribution in [0.25, 0.3) is 11.0 Å². The van der Waals surface area contributed by atoms with Crippen molar-refractivity contribution in [2.45, 2.75) is 32.9 Å². The average molecular weight is 417 g/mol. The van der Waals surface area contributed by atoms with E-state index < -0.39 is 0 Å². The van der Waals surface area contributed by atoms with Gasteiger partial charge in [0, 0.05) is 24.5 Å². The van der Waals surface area contributed by atoms with E-state index in [1.165, 1.54) is 33.1 Å². The van der Waals surface area contributed by atoms with E-state index in [9.17, 15) is 14.4 Å². The van der Waals surface area contributed by atoms with Crippen LogP contribution in [0, 0.1) is 5.92 Å². The second kappa shape index (κ2) is 8.99. The highest BCUT2D eigenvalue weighted by Gasteiger charge is 2.18. The Morgan fingerprint density at radius 3 is 2.76 bits per heavy atom. The van der Waals surface area contributed by atoms with Gasteiger partial charge in [0.05, 0.1) is 12.6 Å². The van der Waals surface area contributed by atoms with Gasteiger partial charge in [0.2, 0.25) is 11.8 Å². The largest absolute Gasteiger partial charge is 0.352 e. The first-order chi connectivity index (χ1) is 13.8. The highest BCUT2D eigenvalue weighted by Crippen LogP contribution is 2.10. The second-order valence-corrected chi connectivity index (χ2v) is 8.19. The number of fused-ring (bicyclic) bond motifs is 1. The Hall–Kier alpha value is -3.01. The Balaban J connectivity index is 1.57. The molecule has 3 rings (SSSR count). The minimum atomic E-state index is -0.324. The molecule has 0 aliphatic rings. The van der Waals surface area contributed by atoms with Crippen molar-refractivity contribution >= 4 is 34.2 Å². The number of aryl methyl sites for hydroxylation is 1. The molecule has 0 aliphatic carbocycles. The van der Waals surface area contributed by atoms with Gasteiger partial charge in [-0.25, -0.2) is 4.98 Å². The normalized spacial score (nSPS) is 12.3. The summed E-state index contributed by atoms with van der Waals surface area (Å²) in [6.45, 7) is 4.09. The van der Waals surface area contributed by atoms with Gasteiger partial charge in [-0.3, -0.25) is 23.6 Å². The Morgan fingerprint density at radius 2 is 2.07 bits per heavy atom. The molecule has 0 bridgehead atoms. The summed E-state index contributed by atoms with van der Waals surface area (Å²) in [5.41, 5.74) is 0.155. The van der Waals surface area contributed by atoms with Crippen LogP contribution in [0.4, 0.5) is 0 Å². The molecule has 10 heteroatoms. The molecule has 3 aromatic heterocycles. The van der Waals surface area contributed by atoms with E-state index in [4.69, 9.17) is 0 Å². The molecule has 0 spiro atoms. The van der Waals surface area contributed by atoms with Gasteiger partial charge in [0.25, 0.3) is 5.56 Å². The standard InChI is InChI=1S/C19H24N6O3S/c1-12(2)15(23-16(26)7-13-5-4-6-29-13)9-20-17(27)10-25-11-21-18-14(19(25)28)8-22-24(18)3/h4-6,8,11-12,15H,7,9-10H2,1-3H3,(H,20,27)(H,23,26). The second-order valence-electron chi connectivity index (χ2n) is 7.16. The van der Waals surface area contributed by atoms with Crippen LogP contribution in [-0.4, -0.2) is 43.7 Å². The SMILES string of the molecule is CC(C)C(CNC(=O)Cn1cnc2c(cnn2C)c1=O)NC(=O)Cc1cccs1. The number of rotatable bonds is 8. The van der Waals surface area contributed by atoms with Gasteiger partial charge in [-0.1, -0.05) is 19.9 Å². The molecule has 1 unspecified atom stereocenters. The third-order valence-electron chi connectivity index (χ3n) is 4.62. The van der Waals surface area contributed by atoms with E-state index in [0.717, 1.165) is 4.88 Å². The molecular formula is C19H24N6O3S. The molecular weight excluding hydrogens is 392 g/mol. The summed E-state index contributed by atoms with van der Waals surface area (Å²) in [5, 5.41) is 12.1. The molecule has 2 N–H and O–H groups in total. The van der Waals surface area contributed by atoms with Gasteiger partial charge < -0.3 is 10.6 Å². The van der Waals surface area contributed by atoms with Crippen LogP contribution < -0.4 is 16.2 Å². The molecule has 29 heavy (non-hydrogen) atoms. The summed E-state index contributed by atoms with van der Waals surface area (Å²) >= 11 is 1.53. The number of hydrogen-bond acceptors (Lipinski definition) is 6. The Bertz CT molecular complexity index is 1050. The molecule has 9 nitrogen and oxygen atoms in total. The first-order valence-electron chi connectivity index (χ1n) is 9.30. The maximum Gasteiger partial charge on any atom is 0.264 e. The van der Waals surface area contributed by atoms with Crippen molar-refractivity contribution in [2.75, 3.05) is 6.54 Å². The lowest BCUT2D eigenvalue weighted by Crippen LogP contribution is -2.47. The topological polar surface area (TPSA) is 111 Å². The summed E-state index contributed by atoms with van der Waals surface area (Å²) in [6, 6.07) is 3.62. The van der Waals surface area contributed by atoms with Crippen LogP contribution in [0.5, 0.6) is 0 Å². The fourth-order valence-electron chi connectivity index (χ4n) is 2.90. The smallest absolute Gasteiger partial charge is 0.264 e. The van der Waals surface area contributed by atoms with Crippen LogP contribution in [0.3, 0.4) is 0 Å². The zero-order chi connectivity index (χ0) is 21.0. The van der Waals surface area contributed by atoms with Crippen LogP contribution in [0.15, 0.2) is 34.8 Å². The van der Waals surface area contributed by atoms with Gasteiger partial charge in [-0.15, -0.1) is 11.3 Å². The molecule has 0 fully saturated rings. The number of thiophene rings is 1. The lowest BCUT2D eigenvalue weighted by molar-refractivity contribution is -0.123. The quantitative estimate of drug-likeness (QED) is 0.561. The van der Waals surface area contributed by atoms with Crippen molar-refractivity contribution in [3.8, 4) is 0 Å². The molecule has 1 atom stereocenters. The number of carbonyl (C=O) groups excluding carboxylic acids is 2. The van der Waals surface area contributed by atoms with Crippen LogP contribution in [0.2, 0.25) is 0 Å². The molecule has 0 aromatic carbocycles. The van der Waals surface area contributed by atoms with E-state index in [2.05, 4.69) is 20.7 Å². The first kappa shape index (κ1) is 20.7. The number of carbonyl (C=O) groups is 2. The van der Waals surface area contributed by atoms with Gasteiger partial charge >= 0.3 is 0 Å². The van der Waals surface area contributed by atoms with E-state index in [1.807, 2.05) is 31.4 Å². The lowest BCUT2D eigenvalue weighted by Gasteiger charge is -2.23. The summed E-state index contributed by atoms with van der Waals surface area (Å²) in [7, 11) is 1.70. The van der Waals surface area contributed by atoms with Gasteiger partial charge in [-0.2, -0.15) is 5.10 Å². The maximum absolute atomic E-state index is 12.5. The minimum Gasteiger partial charge on any atom is -0.352 e. The average Bonchev–Trinajstić information content (AvgIpc) is 3.31. The van der Waals surface area contributed by atoms with Crippen molar-refractivity contribution in [3.05, 3.63) is 45.3 Å². The summed E-state index contributed by atoms with van der Waals surface area (Å²) < 4.78 is 2.76. The first-order valence-corrected chi connectivity index (χ1v) is 10.2. The van der Waals surface area contributed by atoms with Gasteiger partial charge in [0.15, 0.2) is 5.65 Å². The molecule has 3 aromatic rings. The van der Waals surface area contributed by atoms with Crippen LogP contribution in [-0.2, 0) is 29.6 Å². The fourth-order valence-corrected chi connectivity index (χ4v) is 3.60. The molecule has 0 aliphatic heterocycles. The zero-order valence-corrected chi connectivity index (χ0v) is 17.4. The summed E-state index contributed by atoms with van der Waals surface area (Å²) in [5.74, 6) is -0.267. The van der Waals surface area contributed by atoms with Crippen LogP contribution >= 0.6 is 11.3 Å². The van der Waals surface area contributed by atoms with Crippen molar-refractivity contribution in [1.29, 1.82) is 0 Å². The molecule has 2 amide bonds. The minimum absolute atomic E-state index is 0.0807. The predicted octanol–water partition coefficient (Wildman–Crippen LogP) is 0.691.